The van der Waals surface area contributed by atoms with Crippen molar-refractivity contribution in [3.63, 3.8) is 0 Å². The Morgan fingerprint density at radius 3 is 3.00 bits per heavy atom. The molecule has 0 aliphatic carbocycles. The standard InChI is InChI=1S/C14H11ClN2O3/c15-10-7-16-13(17-12(10)14(18)19)9-5-6-20-11-4-2-1-3-8(9)11/h1-4,7,9H,5-6H2,(H,18,19). The topological polar surface area (TPSA) is 72.3 Å². The molecule has 1 aliphatic heterocycles. The van der Waals surface area contributed by atoms with E-state index in [0.717, 1.165) is 11.3 Å². The van der Waals surface area contributed by atoms with Gasteiger partial charge in [0.15, 0.2) is 5.69 Å². The van der Waals surface area contributed by atoms with Crippen molar-refractivity contribution in [3.8, 4) is 5.75 Å². The number of ether oxygens (including phenoxy) is 1. The second kappa shape index (κ2) is 5.09. The minimum atomic E-state index is -1.15. The van der Waals surface area contributed by atoms with Gasteiger partial charge in [0.05, 0.1) is 23.7 Å². The average molecular weight is 291 g/mol. The summed E-state index contributed by atoms with van der Waals surface area (Å²) in [4.78, 5) is 19.4. The van der Waals surface area contributed by atoms with Crippen molar-refractivity contribution < 1.29 is 14.6 Å². The molecule has 3 rings (SSSR count). The first kappa shape index (κ1) is 12.9. The van der Waals surface area contributed by atoms with E-state index in [1.54, 1.807) is 0 Å². The van der Waals surface area contributed by atoms with Crippen molar-refractivity contribution in [1.29, 1.82) is 0 Å². The molecule has 6 heteroatoms. The molecule has 1 aromatic carbocycles. The van der Waals surface area contributed by atoms with E-state index in [0.29, 0.717) is 18.9 Å². The number of fused-ring (bicyclic) bond motifs is 1. The predicted octanol–water partition coefficient (Wildman–Crippen LogP) is 2.74. The summed E-state index contributed by atoms with van der Waals surface area (Å²) in [5, 5.41) is 9.13. The lowest BCUT2D eigenvalue weighted by Gasteiger charge is -2.24. The molecule has 0 saturated carbocycles. The fourth-order valence-electron chi connectivity index (χ4n) is 2.31. The third-order valence-electron chi connectivity index (χ3n) is 3.24. The molecule has 5 nitrogen and oxygen atoms in total. The zero-order valence-corrected chi connectivity index (χ0v) is 11.2. The Kier molecular flexibility index (Phi) is 3.28. The Morgan fingerprint density at radius 1 is 1.40 bits per heavy atom. The molecular formula is C14H11ClN2O3. The van der Waals surface area contributed by atoms with Crippen molar-refractivity contribution >= 4 is 17.6 Å². The highest BCUT2D eigenvalue weighted by Gasteiger charge is 2.26. The number of rotatable bonds is 2. The largest absolute Gasteiger partial charge is 0.493 e. The molecule has 1 aliphatic rings. The highest BCUT2D eigenvalue weighted by molar-refractivity contribution is 6.33. The summed E-state index contributed by atoms with van der Waals surface area (Å²) in [6.07, 6.45) is 2.04. The molecule has 102 valence electrons. The maximum Gasteiger partial charge on any atom is 0.356 e. The lowest BCUT2D eigenvalue weighted by atomic mass is 9.92. The molecule has 0 amide bonds. The maximum absolute atomic E-state index is 11.1. The lowest BCUT2D eigenvalue weighted by molar-refractivity contribution is 0.0690. The van der Waals surface area contributed by atoms with Gasteiger partial charge in [-0.2, -0.15) is 0 Å². The molecule has 1 unspecified atom stereocenters. The SMILES string of the molecule is O=C(O)c1nc(C2CCOc3ccccc32)ncc1Cl. The summed E-state index contributed by atoms with van der Waals surface area (Å²) in [5.41, 5.74) is 0.804. The first-order chi connectivity index (χ1) is 9.66. The van der Waals surface area contributed by atoms with Crippen molar-refractivity contribution in [2.24, 2.45) is 0 Å². The summed E-state index contributed by atoms with van der Waals surface area (Å²) in [6, 6.07) is 7.63. The van der Waals surface area contributed by atoms with E-state index in [1.807, 2.05) is 24.3 Å². The van der Waals surface area contributed by atoms with Gasteiger partial charge >= 0.3 is 5.97 Å². The van der Waals surface area contributed by atoms with Crippen LogP contribution in [-0.4, -0.2) is 27.7 Å². The lowest BCUT2D eigenvalue weighted by Crippen LogP contribution is -2.18. The van der Waals surface area contributed by atoms with Crippen LogP contribution < -0.4 is 4.74 Å². The fourth-order valence-corrected chi connectivity index (χ4v) is 2.48. The van der Waals surface area contributed by atoms with E-state index in [2.05, 4.69) is 9.97 Å². The smallest absolute Gasteiger partial charge is 0.356 e. The molecule has 1 N–H and O–H groups in total. The molecule has 1 atom stereocenters. The van der Waals surface area contributed by atoms with E-state index in [9.17, 15) is 4.79 Å². The van der Waals surface area contributed by atoms with Crippen molar-refractivity contribution in [1.82, 2.24) is 9.97 Å². The van der Waals surface area contributed by atoms with Crippen molar-refractivity contribution in [3.05, 3.63) is 52.6 Å². The molecule has 0 bridgehead atoms. The van der Waals surface area contributed by atoms with E-state index in [-0.39, 0.29) is 16.6 Å². The van der Waals surface area contributed by atoms with Crippen LogP contribution in [0.25, 0.3) is 0 Å². The van der Waals surface area contributed by atoms with Crippen molar-refractivity contribution in [2.45, 2.75) is 12.3 Å². The number of carboxylic acid groups (broad SMARTS) is 1. The van der Waals surface area contributed by atoms with Crippen LogP contribution in [0, 0.1) is 0 Å². The number of para-hydroxylation sites is 1. The van der Waals surface area contributed by atoms with E-state index < -0.39 is 5.97 Å². The third-order valence-corrected chi connectivity index (χ3v) is 3.51. The first-order valence-corrected chi connectivity index (χ1v) is 6.52. The van der Waals surface area contributed by atoms with E-state index in [1.165, 1.54) is 6.20 Å². The predicted molar refractivity (Wildman–Crippen MR) is 72.4 cm³/mol. The fraction of sp³-hybridized carbons (Fsp3) is 0.214. The van der Waals surface area contributed by atoms with E-state index >= 15 is 0 Å². The van der Waals surface area contributed by atoms with Gasteiger partial charge in [0.2, 0.25) is 0 Å². The van der Waals surface area contributed by atoms with Gasteiger partial charge in [-0.05, 0) is 12.5 Å². The minimum Gasteiger partial charge on any atom is -0.493 e. The first-order valence-electron chi connectivity index (χ1n) is 6.14. The number of hydrogen-bond acceptors (Lipinski definition) is 4. The molecule has 0 radical (unpaired) electrons. The van der Waals surface area contributed by atoms with Crippen LogP contribution in [0.5, 0.6) is 5.75 Å². The highest BCUT2D eigenvalue weighted by Crippen LogP contribution is 2.36. The van der Waals surface area contributed by atoms with Crippen LogP contribution in [-0.2, 0) is 0 Å². The van der Waals surface area contributed by atoms with Gasteiger partial charge < -0.3 is 9.84 Å². The Labute approximate surface area is 120 Å². The van der Waals surface area contributed by atoms with Gasteiger partial charge in [-0.25, -0.2) is 14.8 Å². The number of carboxylic acids is 1. The van der Waals surface area contributed by atoms with Gasteiger partial charge in [-0.3, -0.25) is 0 Å². The molecule has 2 heterocycles. The number of carbonyl (C=O) groups is 1. The monoisotopic (exact) mass is 290 g/mol. The number of aromatic nitrogens is 2. The molecule has 20 heavy (non-hydrogen) atoms. The van der Waals surface area contributed by atoms with Gasteiger partial charge in [-0.1, -0.05) is 29.8 Å². The van der Waals surface area contributed by atoms with Crippen LogP contribution in [0.15, 0.2) is 30.5 Å². The van der Waals surface area contributed by atoms with Gasteiger partial charge in [0.25, 0.3) is 0 Å². The third kappa shape index (κ3) is 2.20. The normalized spacial score (nSPS) is 17.1. The minimum absolute atomic E-state index is 0.0431. The molecule has 1 aromatic heterocycles. The summed E-state index contributed by atoms with van der Waals surface area (Å²) >= 11 is 5.80. The van der Waals surface area contributed by atoms with Crippen LogP contribution in [0.1, 0.15) is 34.2 Å². The number of nitrogens with zero attached hydrogens (tertiary/aromatic N) is 2. The number of benzene rings is 1. The second-order valence-corrected chi connectivity index (χ2v) is 4.86. The summed E-state index contributed by atoms with van der Waals surface area (Å²) in [5.74, 6) is 0.0241. The van der Waals surface area contributed by atoms with Crippen LogP contribution >= 0.6 is 11.6 Å². The number of halogens is 1. The molecule has 0 spiro atoms. The van der Waals surface area contributed by atoms with E-state index in [4.69, 9.17) is 21.4 Å². The van der Waals surface area contributed by atoms with Crippen LogP contribution in [0.3, 0.4) is 0 Å². The summed E-state index contributed by atoms with van der Waals surface area (Å²) in [6.45, 7) is 0.552. The van der Waals surface area contributed by atoms with Crippen LogP contribution in [0.2, 0.25) is 5.02 Å². The molecule has 0 fully saturated rings. The van der Waals surface area contributed by atoms with Crippen LogP contribution in [0.4, 0.5) is 0 Å². The number of hydrogen-bond donors (Lipinski definition) is 1. The zero-order valence-electron chi connectivity index (χ0n) is 10.4. The summed E-state index contributed by atoms with van der Waals surface area (Å²) < 4.78 is 5.58. The molecule has 2 aromatic rings. The summed E-state index contributed by atoms with van der Waals surface area (Å²) in [7, 11) is 0. The Bertz CT molecular complexity index is 675. The van der Waals surface area contributed by atoms with Gasteiger partial charge in [-0.15, -0.1) is 0 Å². The number of aromatic carboxylic acids is 1. The maximum atomic E-state index is 11.1. The Balaban J connectivity index is 2.07. The van der Waals surface area contributed by atoms with Crippen molar-refractivity contribution in [2.75, 3.05) is 6.61 Å². The average Bonchev–Trinajstić information content (AvgIpc) is 2.47. The van der Waals surface area contributed by atoms with Gasteiger partial charge in [0.1, 0.15) is 11.6 Å². The quantitative estimate of drug-likeness (QED) is 0.920. The Morgan fingerprint density at radius 2 is 2.20 bits per heavy atom. The second-order valence-electron chi connectivity index (χ2n) is 4.46. The van der Waals surface area contributed by atoms with Gasteiger partial charge in [0, 0.05) is 5.56 Å². The molecule has 0 saturated heterocycles. The highest BCUT2D eigenvalue weighted by atomic mass is 35.5. The zero-order chi connectivity index (χ0) is 14.1. The Hall–Kier alpha value is -2.14. The molecular weight excluding hydrogens is 280 g/mol.